The lowest BCUT2D eigenvalue weighted by atomic mass is 9.49. The quantitative estimate of drug-likeness (QED) is 0.392. The Kier molecular flexibility index (Phi) is 4.94. The molecule has 0 aromatic rings. The van der Waals surface area contributed by atoms with Gasteiger partial charge in [0, 0.05) is 12.0 Å². The van der Waals surface area contributed by atoms with Gasteiger partial charge in [-0.2, -0.15) is 0 Å². The van der Waals surface area contributed by atoms with Crippen molar-refractivity contribution >= 4 is 28.5 Å². The molecule has 0 aliphatic heterocycles. The molecule has 4 bridgehead atoms. The maximum Gasteiger partial charge on any atom is 0.226 e. The summed E-state index contributed by atoms with van der Waals surface area (Å²) < 4.78 is 1.26. The first-order chi connectivity index (χ1) is 9.72. The van der Waals surface area contributed by atoms with Crippen molar-refractivity contribution in [3.63, 3.8) is 0 Å². The zero-order valence-corrected chi connectivity index (χ0v) is 14.7. The Labute approximate surface area is 137 Å². The Morgan fingerprint density at radius 2 is 1.50 bits per heavy atom. The lowest BCUT2D eigenvalue weighted by Gasteiger charge is -2.55. The Balaban J connectivity index is 1.45. The summed E-state index contributed by atoms with van der Waals surface area (Å²) in [7, 11) is 0. The topological polar surface area (TPSA) is 29.1 Å². The molecule has 4 fully saturated rings. The van der Waals surface area contributed by atoms with Gasteiger partial charge < -0.3 is 5.32 Å². The lowest BCUT2D eigenvalue weighted by molar-refractivity contribution is -0.146. The number of hydrogen-bond donors (Lipinski definition) is 1. The van der Waals surface area contributed by atoms with E-state index in [4.69, 9.17) is 0 Å². The summed E-state index contributed by atoms with van der Waals surface area (Å²) >= 11 is 2.44. The van der Waals surface area contributed by atoms with Gasteiger partial charge in [0.1, 0.15) is 0 Å². The number of hydrogen-bond acceptors (Lipinski definition) is 1. The van der Waals surface area contributed by atoms with E-state index >= 15 is 0 Å². The Hall–Kier alpha value is 0.200. The summed E-state index contributed by atoms with van der Waals surface area (Å²) in [6.45, 7) is 0.905. The van der Waals surface area contributed by atoms with E-state index in [-0.39, 0.29) is 5.41 Å². The van der Waals surface area contributed by atoms with Crippen LogP contribution in [0, 0.1) is 23.2 Å². The van der Waals surface area contributed by atoms with Gasteiger partial charge in [0.2, 0.25) is 5.91 Å². The molecule has 0 unspecified atom stereocenters. The number of carbonyl (C=O) groups is 1. The molecule has 114 valence electrons. The molecule has 4 aliphatic carbocycles. The van der Waals surface area contributed by atoms with Gasteiger partial charge in [-0.25, -0.2) is 0 Å². The average molecular weight is 389 g/mol. The van der Waals surface area contributed by atoms with Crippen molar-refractivity contribution < 1.29 is 4.79 Å². The maximum absolute atomic E-state index is 12.7. The maximum atomic E-state index is 12.7. The molecular weight excluding hydrogens is 361 g/mol. The van der Waals surface area contributed by atoms with E-state index in [1.54, 1.807) is 0 Å². The zero-order chi connectivity index (χ0) is 14.0. The third-order valence-corrected chi connectivity index (χ3v) is 6.63. The molecule has 4 rings (SSSR count). The number of nitrogens with one attached hydrogen (secondary N) is 1. The molecule has 0 heterocycles. The minimum Gasteiger partial charge on any atom is -0.356 e. The predicted octanol–water partition coefficient (Wildman–Crippen LogP) is 4.31. The normalized spacial score (nSPS) is 38.1. The predicted molar refractivity (Wildman–Crippen MR) is 91.0 cm³/mol. The van der Waals surface area contributed by atoms with Crippen LogP contribution in [-0.2, 0) is 4.79 Å². The van der Waals surface area contributed by atoms with Gasteiger partial charge in [-0.05, 0) is 73.5 Å². The molecule has 2 nitrogen and oxygen atoms in total. The van der Waals surface area contributed by atoms with Crippen LogP contribution in [0.25, 0.3) is 0 Å². The Morgan fingerprint density at radius 3 is 2.05 bits per heavy atom. The first kappa shape index (κ1) is 15.1. The average Bonchev–Trinajstić information content (AvgIpc) is 2.41. The van der Waals surface area contributed by atoms with E-state index in [1.165, 1.54) is 62.2 Å². The van der Waals surface area contributed by atoms with Gasteiger partial charge in [-0.3, -0.25) is 4.79 Å². The highest BCUT2D eigenvalue weighted by Crippen LogP contribution is 2.60. The summed E-state index contributed by atoms with van der Waals surface area (Å²) in [5, 5.41) is 3.28. The van der Waals surface area contributed by atoms with E-state index in [1.807, 2.05) is 0 Å². The second-order valence-corrected chi connectivity index (χ2v) is 8.64. The highest BCUT2D eigenvalue weighted by Gasteiger charge is 2.54. The van der Waals surface area contributed by atoms with Crippen molar-refractivity contribution in [2.75, 3.05) is 11.0 Å². The molecule has 1 N–H and O–H groups in total. The van der Waals surface area contributed by atoms with E-state index in [9.17, 15) is 4.79 Å². The highest BCUT2D eigenvalue weighted by molar-refractivity contribution is 14.1. The molecule has 0 aromatic carbocycles. The third-order valence-electron chi connectivity index (χ3n) is 5.87. The molecule has 3 heteroatoms. The zero-order valence-electron chi connectivity index (χ0n) is 12.5. The molecule has 0 spiro atoms. The minimum absolute atomic E-state index is 0.0525. The number of carbonyl (C=O) groups excluding carboxylic acids is 1. The van der Waals surface area contributed by atoms with Gasteiger partial charge in [0.15, 0.2) is 0 Å². The van der Waals surface area contributed by atoms with Crippen LogP contribution in [0.4, 0.5) is 0 Å². The van der Waals surface area contributed by atoms with E-state index in [2.05, 4.69) is 27.9 Å². The van der Waals surface area contributed by atoms with Crippen molar-refractivity contribution in [1.82, 2.24) is 5.32 Å². The number of halogens is 1. The van der Waals surface area contributed by atoms with Crippen molar-refractivity contribution in [3.8, 4) is 0 Å². The molecule has 0 aromatic heterocycles. The van der Waals surface area contributed by atoms with Crippen molar-refractivity contribution in [2.24, 2.45) is 23.2 Å². The van der Waals surface area contributed by atoms with Crippen LogP contribution in [0.5, 0.6) is 0 Å². The monoisotopic (exact) mass is 389 g/mol. The molecule has 0 radical (unpaired) electrons. The Bertz CT molecular complexity index is 320. The molecule has 1 amide bonds. The van der Waals surface area contributed by atoms with E-state index in [0.29, 0.717) is 5.91 Å². The molecule has 0 atom stereocenters. The summed E-state index contributed by atoms with van der Waals surface area (Å²) in [4.78, 5) is 12.7. The fraction of sp³-hybridized carbons (Fsp3) is 0.941. The fourth-order valence-electron chi connectivity index (χ4n) is 5.35. The van der Waals surface area contributed by atoms with Crippen LogP contribution in [0.3, 0.4) is 0 Å². The first-order valence-electron chi connectivity index (χ1n) is 8.56. The van der Waals surface area contributed by atoms with E-state index < -0.39 is 0 Å². The standard InChI is InChI=1S/C17H28INO/c18-5-3-1-2-4-6-19-16(20)17-10-13-7-14(11-17)9-15(8-13)12-17/h13-15H,1-12H2,(H,19,20). The minimum atomic E-state index is 0.0525. The van der Waals surface area contributed by atoms with Crippen molar-refractivity contribution in [3.05, 3.63) is 0 Å². The number of amides is 1. The van der Waals surface area contributed by atoms with Crippen LogP contribution in [0.15, 0.2) is 0 Å². The summed E-state index contributed by atoms with van der Waals surface area (Å²) in [5.41, 5.74) is 0.0525. The van der Waals surface area contributed by atoms with Gasteiger partial charge >= 0.3 is 0 Å². The van der Waals surface area contributed by atoms with Crippen molar-refractivity contribution in [2.45, 2.75) is 64.2 Å². The SMILES string of the molecule is O=C(NCCCCCCI)C12CC3CC(CC(C3)C1)C2. The van der Waals surface area contributed by atoms with Crippen LogP contribution < -0.4 is 5.32 Å². The summed E-state index contributed by atoms with van der Waals surface area (Å²) in [5.74, 6) is 3.02. The lowest BCUT2D eigenvalue weighted by Crippen LogP contribution is -2.53. The van der Waals surface area contributed by atoms with Gasteiger partial charge in [-0.1, -0.05) is 35.4 Å². The second-order valence-electron chi connectivity index (χ2n) is 7.56. The first-order valence-corrected chi connectivity index (χ1v) is 10.1. The molecule has 0 saturated heterocycles. The number of rotatable bonds is 7. The van der Waals surface area contributed by atoms with Crippen LogP contribution in [0.1, 0.15) is 64.2 Å². The Morgan fingerprint density at radius 1 is 0.950 bits per heavy atom. The molecule has 20 heavy (non-hydrogen) atoms. The van der Waals surface area contributed by atoms with Gasteiger partial charge in [0.05, 0.1) is 0 Å². The number of unbranched alkanes of at least 4 members (excludes halogenated alkanes) is 3. The molecular formula is C17H28INO. The van der Waals surface area contributed by atoms with Gasteiger partial charge in [0.25, 0.3) is 0 Å². The molecule has 4 aliphatic rings. The fourth-order valence-corrected chi connectivity index (χ4v) is 5.89. The molecule has 4 saturated carbocycles. The van der Waals surface area contributed by atoms with Crippen LogP contribution in [-0.4, -0.2) is 16.9 Å². The summed E-state index contributed by atoms with van der Waals surface area (Å²) in [6, 6.07) is 0. The van der Waals surface area contributed by atoms with Crippen LogP contribution in [0.2, 0.25) is 0 Å². The van der Waals surface area contributed by atoms with Crippen LogP contribution >= 0.6 is 22.6 Å². The van der Waals surface area contributed by atoms with E-state index in [0.717, 1.165) is 30.7 Å². The summed E-state index contributed by atoms with van der Waals surface area (Å²) in [6.07, 6.45) is 12.9. The van der Waals surface area contributed by atoms with Gasteiger partial charge in [-0.15, -0.1) is 0 Å². The second kappa shape index (κ2) is 6.53. The number of alkyl halides is 1. The smallest absolute Gasteiger partial charge is 0.226 e. The third kappa shape index (κ3) is 3.17. The largest absolute Gasteiger partial charge is 0.356 e. The highest BCUT2D eigenvalue weighted by atomic mass is 127. The van der Waals surface area contributed by atoms with Crippen molar-refractivity contribution in [1.29, 1.82) is 0 Å².